The number of nitrogens with one attached hydrogen (secondary N) is 1. The van der Waals surface area contributed by atoms with E-state index < -0.39 is 0 Å². The maximum Gasteiger partial charge on any atom is 0.313 e. The molecular formula is C16H23NO2. The van der Waals surface area contributed by atoms with E-state index in [4.69, 9.17) is 4.74 Å². The molecule has 104 valence electrons. The minimum absolute atomic E-state index is 0.0768. The van der Waals surface area contributed by atoms with Crippen LogP contribution in [0.25, 0.3) is 0 Å². The minimum Gasteiger partial charge on any atom is -0.469 e. The highest BCUT2D eigenvalue weighted by Gasteiger charge is 2.50. The molecule has 0 radical (unpaired) electrons. The molecule has 0 spiro atoms. The zero-order valence-corrected chi connectivity index (χ0v) is 12.1. The van der Waals surface area contributed by atoms with Gasteiger partial charge in [0.2, 0.25) is 0 Å². The number of benzene rings is 1. The van der Waals surface area contributed by atoms with Crippen molar-refractivity contribution in [1.82, 2.24) is 0 Å². The third-order valence-corrected chi connectivity index (χ3v) is 4.07. The molecule has 19 heavy (non-hydrogen) atoms. The van der Waals surface area contributed by atoms with Crippen molar-refractivity contribution in [3.63, 3.8) is 0 Å². The Morgan fingerprint density at radius 1 is 1.26 bits per heavy atom. The molecular weight excluding hydrogens is 238 g/mol. The van der Waals surface area contributed by atoms with Crippen LogP contribution in [-0.2, 0) is 22.4 Å². The molecule has 0 atom stereocenters. The third kappa shape index (κ3) is 2.75. The summed E-state index contributed by atoms with van der Waals surface area (Å²) in [6.45, 7) is 5.00. The summed E-state index contributed by atoms with van der Waals surface area (Å²) in [5.74, 6) is -0.0768. The van der Waals surface area contributed by atoms with Gasteiger partial charge in [-0.25, -0.2) is 0 Å². The predicted octanol–water partition coefficient (Wildman–Crippen LogP) is 3.18. The summed E-state index contributed by atoms with van der Waals surface area (Å²) < 4.78 is 4.90. The monoisotopic (exact) mass is 261 g/mol. The highest BCUT2D eigenvalue weighted by atomic mass is 16.5. The van der Waals surface area contributed by atoms with Crippen LogP contribution in [0.1, 0.15) is 37.8 Å². The molecule has 1 aromatic rings. The average Bonchev–Trinajstić information content (AvgIpc) is 3.24. The largest absolute Gasteiger partial charge is 0.469 e. The lowest BCUT2D eigenvalue weighted by Crippen LogP contribution is -2.26. The Kier molecular flexibility index (Phi) is 4.13. The van der Waals surface area contributed by atoms with Gasteiger partial charge in [-0.3, -0.25) is 4.79 Å². The average molecular weight is 261 g/mol. The molecule has 1 aliphatic rings. The van der Waals surface area contributed by atoms with E-state index in [9.17, 15) is 4.79 Å². The van der Waals surface area contributed by atoms with Crippen molar-refractivity contribution in [1.29, 1.82) is 0 Å². The predicted molar refractivity (Wildman–Crippen MR) is 77.4 cm³/mol. The van der Waals surface area contributed by atoms with Gasteiger partial charge < -0.3 is 10.1 Å². The van der Waals surface area contributed by atoms with Crippen molar-refractivity contribution in [2.75, 3.05) is 19.0 Å². The van der Waals surface area contributed by atoms with E-state index in [1.807, 2.05) is 0 Å². The van der Waals surface area contributed by atoms with Crippen LogP contribution in [0.15, 0.2) is 18.2 Å². The summed E-state index contributed by atoms with van der Waals surface area (Å²) >= 11 is 0. The van der Waals surface area contributed by atoms with Crippen LogP contribution in [0.5, 0.6) is 0 Å². The van der Waals surface area contributed by atoms with Crippen LogP contribution in [0.2, 0.25) is 0 Å². The minimum atomic E-state index is -0.277. The Hall–Kier alpha value is -1.51. The molecule has 0 heterocycles. The van der Waals surface area contributed by atoms with Crippen LogP contribution >= 0.6 is 0 Å². The molecule has 0 amide bonds. The van der Waals surface area contributed by atoms with E-state index in [2.05, 4.69) is 37.4 Å². The number of para-hydroxylation sites is 1. The van der Waals surface area contributed by atoms with Crippen LogP contribution in [0.4, 0.5) is 5.69 Å². The van der Waals surface area contributed by atoms with E-state index in [-0.39, 0.29) is 11.4 Å². The summed E-state index contributed by atoms with van der Waals surface area (Å²) in [6, 6.07) is 6.41. The molecule has 1 fully saturated rings. The molecule has 1 N–H and O–H groups in total. The number of rotatable bonds is 6. The van der Waals surface area contributed by atoms with Gasteiger partial charge in [-0.15, -0.1) is 0 Å². The van der Waals surface area contributed by atoms with Crippen LogP contribution in [0.3, 0.4) is 0 Å². The second kappa shape index (κ2) is 5.64. The topological polar surface area (TPSA) is 38.3 Å². The molecule has 3 nitrogen and oxygen atoms in total. The van der Waals surface area contributed by atoms with Gasteiger partial charge in [0.15, 0.2) is 0 Å². The summed E-state index contributed by atoms with van der Waals surface area (Å²) in [5, 5.41) is 3.50. The first-order valence-electron chi connectivity index (χ1n) is 7.10. The number of anilines is 1. The zero-order valence-electron chi connectivity index (χ0n) is 12.1. The van der Waals surface area contributed by atoms with Gasteiger partial charge in [-0.1, -0.05) is 32.0 Å². The van der Waals surface area contributed by atoms with Crippen molar-refractivity contribution in [2.45, 2.75) is 39.5 Å². The number of aryl methyl sites for hydroxylation is 2. The van der Waals surface area contributed by atoms with E-state index in [1.165, 1.54) is 23.9 Å². The third-order valence-electron chi connectivity index (χ3n) is 4.07. The fraction of sp³-hybridized carbons (Fsp3) is 0.562. The lowest BCUT2D eigenvalue weighted by Gasteiger charge is -2.19. The van der Waals surface area contributed by atoms with Gasteiger partial charge in [0.05, 0.1) is 12.5 Å². The molecule has 0 aromatic heterocycles. The fourth-order valence-electron chi connectivity index (χ4n) is 2.55. The number of esters is 1. The number of ether oxygens (including phenoxy) is 1. The van der Waals surface area contributed by atoms with Gasteiger partial charge in [0.25, 0.3) is 0 Å². The molecule has 0 unspecified atom stereocenters. The maximum absolute atomic E-state index is 11.8. The zero-order chi connectivity index (χ0) is 13.9. The quantitative estimate of drug-likeness (QED) is 0.799. The number of carbonyl (C=O) groups is 1. The molecule has 1 saturated carbocycles. The number of hydrogen-bond donors (Lipinski definition) is 1. The molecule has 3 heteroatoms. The summed E-state index contributed by atoms with van der Waals surface area (Å²) in [7, 11) is 1.47. The Bertz CT molecular complexity index is 442. The fourth-order valence-corrected chi connectivity index (χ4v) is 2.55. The standard InChI is InChI=1S/C16H23NO2/c1-4-12-7-6-8-13(5-2)14(12)17-11-16(9-10-16)15(18)19-3/h6-8,17H,4-5,9-11H2,1-3H3. The Morgan fingerprint density at radius 2 is 1.84 bits per heavy atom. The van der Waals surface area contributed by atoms with E-state index >= 15 is 0 Å². The van der Waals surface area contributed by atoms with Gasteiger partial charge >= 0.3 is 5.97 Å². The van der Waals surface area contributed by atoms with Crippen molar-refractivity contribution in [3.05, 3.63) is 29.3 Å². The molecule has 0 aliphatic heterocycles. The lowest BCUT2D eigenvalue weighted by atomic mass is 10.0. The SMILES string of the molecule is CCc1cccc(CC)c1NCC1(C(=O)OC)CC1. The number of hydrogen-bond acceptors (Lipinski definition) is 3. The van der Waals surface area contributed by atoms with Crippen molar-refractivity contribution in [2.24, 2.45) is 5.41 Å². The van der Waals surface area contributed by atoms with Gasteiger partial charge in [0, 0.05) is 12.2 Å². The van der Waals surface area contributed by atoms with Gasteiger partial charge in [0.1, 0.15) is 0 Å². The van der Waals surface area contributed by atoms with Crippen LogP contribution < -0.4 is 5.32 Å². The molecule has 2 rings (SSSR count). The van der Waals surface area contributed by atoms with Crippen molar-refractivity contribution in [3.8, 4) is 0 Å². The maximum atomic E-state index is 11.8. The van der Waals surface area contributed by atoms with Crippen LogP contribution in [0, 0.1) is 5.41 Å². The second-order valence-electron chi connectivity index (χ2n) is 5.28. The first-order valence-corrected chi connectivity index (χ1v) is 7.10. The Morgan fingerprint density at radius 3 is 2.26 bits per heavy atom. The van der Waals surface area contributed by atoms with E-state index in [0.717, 1.165) is 25.7 Å². The van der Waals surface area contributed by atoms with Gasteiger partial charge in [-0.2, -0.15) is 0 Å². The first-order chi connectivity index (χ1) is 9.16. The Labute approximate surface area is 115 Å². The lowest BCUT2D eigenvalue weighted by molar-refractivity contribution is -0.146. The first kappa shape index (κ1) is 13.9. The van der Waals surface area contributed by atoms with Gasteiger partial charge in [-0.05, 0) is 36.8 Å². The summed E-state index contributed by atoms with van der Waals surface area (Å²) in [5.41, 5.74) is 3.57. The smallest absolute Gasteiger partial charge is 0.313 e. The number of methoxy groups -OCH3 is 1. The summed E-state index contributed by atoms with van der Waals surface area (Å²) in [4.78, 5) is 11.8. The molecule has 1 aliphatic carbocycles. The number of carbonyl (C=O) groups excluding carboxylic acids is 1. The van der Waals surface area contributed by atoms with Crippen LogP contribution in [-0.4, -0.2) is 19.6 Å². The molecule has 0 bridgehead atoms. The second-order valence-corrected chi connectivity index (χ2v) is 5.28. The van der Waals surface area contributed by atoms with E-state index in [1.54, 1.807) is 0 Å². The normalized spacial score (nSPS) is 15.9. The summed E-state index contributed by atoms with van der Waals surface area (Å²) in [6.07, 6.45) is 3.87. The molecule has 1 aromatic carbocycles. The van der Waals surface area contributed by atoms with E-state index in [0.29, 0.717) is 6.54 Å². The Balaban J connectivity index is 2.13. The highest BCUT2D eigenvalue weighted by molar-refractivity contribution is 5.80. The molecule has 0 saturated heterocycles. The van der Waals surface area contributed by atoms with Crippen molar-refractivity contribution >= 4 is 11.7 Å². The van der Waals surface area contributed by atoms with Crippen molar-refractivity contribution < 1.29 is 9.53 Å². The highest BCUT2D eigenvalue weighted by Crippen LogP contribution is 2.47.